The molecular formula is C20H19N3O2S. The van der Waals surface area contributed by atoms with Gasteiger partial charge in [0.05, 0.1) is 23.6 Å². The first-order valence-electron chi connectivity index (χ1n) is 8.79. The molecule has 26 heavy (non-hydrogen) atoms. The fourth-order valence-corrected chi connectivity index (χ4v) is 4.70. The van der Waals surface area contributed by atoms with Crippen LogP contribution < -0.4 is 9.47 Å². The van der Waals surface area contributed by atoms with Gasteiger partial charge >= 0.3 is 0 Å². The van der Waals surface area contributed by atoms with Gasteiger partial charge in [0.2, 0.25) is 5.88 Å². The molecule has 0 saturated heterocycles. The van der Waals surface area contributed by atoms with Gasteiger partial charge < -0.3 is 9.47 Å². The fraction of sp³-hybridized carbons (Fsp3) is 0.350. The summed E-state index contributed by atoms with van der Waals surface area (Å²) in [6, 6.07) is 7.31. The molecular weight excluding hydrogens is 346 g/mol. The minimum atomic E-state index is 0.496. The second-order valence-corrected chi connectivity index (χ2v) is 7.60. The van der Waals surface area contributed by atoms with Crippen LogP contribution in [-0.4, -0.2) is 16.6 Å². The molecule has 0 spiro atoms. The molecule has 0 N–H and O–H groups in total. The molecule has 2 heterocycles. The molecule has 3 aromatic rings. The van der Waals surface area contributed by atoms with Gasteiger partial charge in [0.15, 0.2) is 11.5 Å². The molecule has 0 saturated carbocycles. The molecule has 0 fully saturated rings. The van der Waals surface area contributed by atoms with E-state index in [0.29, 0.717) is 35.5 Å². The summed E-state index contributed by atoms with van der Waals surface area (Å²) >= 11 is 1.74. The number of nitriles is 1. The predicted octanol–water partition coefficient (Wildman–Crippen LogP) is 4.88. The third kappa shape index (κ3) is 2.99. The van der Waals surface area contributed by atoms with Crippen LogP contribution in [0.25, 0.3) is 10.2 Å². The quantitative estimate of drug-likeness (QED) is 0.659. The number of fused-ring (bicyclic) bond motifs is 3. The van der Waals surface area contributed by atoms with E-state index >= 15 is 0 Å². The molecule has 1 aliphatic carbocycles. The van der Waals surface area contributed by atoms with E-state index in [1.165, 1.54) is 16.9 Å². The van der Waals surface area contributed by atoms with E-state index in [4.69, 9.17) is 14.7 Å². The van der Waals surface area contributed by atoms with Crippen LogP contribution in [0, 0.1) is 17.2 Å². The van der Waals surface area contributed by atoms with Gasteiger partial charge in [-0.25, -0.2) is 9.97 Å². The molecule has 0 radical (unpaired) electrons. The van der Waals surface area contributed by atoms with Crippen molar-refractivity contribution in [3.63, 3.8) is 0 Å². The fourth-order valence-electron chi connectivity index (χ4n) is 3.36. The highest BCUT2D eigenvalue weighted by molar-refractivity contribution is 7.18. The average molecular weight is 365 g/mol. The van der Waals surface area contributed by atoms with E-state index in [1.807, 2.05) is 6.92 Å². The minimum absolute atomic E-state index is 0.496. The van der Waals surface area contributed by atoms with E-state index in [1.54, 1.807) is 35.9 Å². The number of hydrogen-bond donors (Lipinski definition) is 0. The van der Waals surface area contributed by atoms with Crippen LogP contribution in [0.5, 0.6) is 17.4 Å². The zero-order valence-corrected chi connectivity index (χ0v) is 15.6. The summed E-state index contributed by atoms with van der Waals surface area (Å²) < 4.78 is 11.8. The van der Waals surface area contributed by atoms with Crippen LogP contribution in [0.15, 0.2) is 24.5 Å². The number of ether oxygens (including phenoxy) is 2. The van der Waals surface area contributed by atoms with Crippen molar-refractivity contribution in [3.8, 4) is 23.4 Å². The highest BCUT2D eigenvalue weighted by Gasteiger charge is 2.24. The smallest absolute Gasteiger partial charge is 0.231 e. The van der Waals surface area contributed by atoms with E-state index in [-0.39, 0.29) is 0 Å². The topological polar surface area (TPSA) is 68.0 Å². The second-order valence-electron chi connectivity index (χ2n) is 6.52. The average Bonchev–Trinajstić information content (AvgIpc) is 3.01. The molecule has 1 aromatic carbocycles. The van der Waals surface area contributed by atoms with Gasteiger partial charge in [-0.05, 0) is 49.8 Å². The minimum Gasteiger partial charge on any atom is -0.490 e. The van der Waals surface area contributed by atoms with E-state index in [0.717, 1.165) is 23.1 Å². The van der Waals surface area contributed by atoms with E-state index in [9.17, 15) is 0 Å². The lowest BCUT2D eigenvalue weighted by Crippen LogP contribution is -2.08. The lowest BCUT2D eigenvalue weighted by Gasteiger charge is -2.18. The molecule has 1 atom stereocenters. The van der Waals surface area contributed by atoms with Crippen molar-refractivity contribution in [2.24, 2.45) is 5.92 Å². The molecule has 132 valence electrons. The Kier molecular flexibility index (Phi) is 4.48. The van der Waals surface area contributed by atoms with Gasteiger partial charge in [0, 0.05) is 10.9 Å². The van der Waals surface area contributed by atoms with Crippen molar-refractivity contribution in [3.05, 3.63) is 40.5 Å². The van der Waals surface area contributed by atoms with Crippen LogP contribution in [0.1, 0.15) is 36.3 Å². The molecule has 0 amide bonds. The van der Waals surface area contributed by atoms with Crippen molar-refractivity contribution >= 4 is 21.6 Å². The zero-order valence-electron chi connectivity index (χ0n) is 14.8. The van der Waals surface area contributed by atoms with Crippen molar-refractivity contribution < 1.29 is 9.47 Å². The third-order valence-corrected chi connectivity index (χ3v) is 5.80. The molecule has 2 aromatic heterocycles. The van der Waals surface area contributed by atoms with Gasteiger partial charge in [-0.15, -0.1) is 11.3 Å². The summed E-state index contributed by atoms with van der Waals surface area (Å²) in [5.41, 5.74) is 1.86. The first kappa shape index (κ1) is 16.8. The Morgan fingerprint density at radius 2 is 2.19 bits per heavy atom. The third-order valence-electron chi connectivity index (χ3n) is 4.64. The van der Waals surface area contributed by atoms with Crippen molar-refractivity contribution in [2.45, 2.75) is 33.1 Å². The number of hydrogen-bond acceptors (Lipinski definition) is 6. The number of thiophene rings is 1. The normalized spacial score (nSPS) is 16.1. The molecule has 4 rings (SSSR count). The van der Waals surface area contributed by atoms with Gasteiger partial charge in [0.25, 0.3) is 0 Å². The lowest BCUT2D eigenvalue weighted by molar-refractivity contribution is 0.320. The summed E-state index contributed by atoms with van der Waals surface area (Å²) in [7, 11) is 0. The summed E-state index contributed by atoms with van der Waals surface area (Å²) in [5.74, 6) is 2.38. The molecule has 0 unspecified atom stereocenters. The van der Waals surface area contributed by atoms with Crippen LogP contribution in [-0.2, 0) is 12.8 Å². The summed E-state index contributed by atoms with van der Waals surface area (Å²) in [5, 5.41) is 10.1. The highest BCUT2D eigenvalue weighted by atomic mass is 32.1. The van der Waals surface area contributed by atoms with Crippen molar-refractivity contribution in [1.29, 1.82) is 5.26 Å². The summed E-state index contributed by atoms with van der Waals surface area (Å²) in [6.45, 7) is 4.69. The van der Waals surface area contributed by atoms with Gasteiger partial charge in [-0.1, -0.05) is 6.92 Å². The molecule has 1 aliphatic rings. The molecule has 5 nitrogen and oxygen atoms in total. The monoisotopic (exact) mass is 365 g/mol. The predicted molar refractivity (Wildman–Crippen MR) is 101 cm³/mol. The largest absolute Gasteiger partial charge is 0.490 e. The maximum absolute atomic E-state index is 9.11. The van der Waals surface area contributed by atoms with E-state index in [2.05, 4.69) is 23.0 Å². The van der Waals surface area contributed by atoms with E-state index < -0.39 is 0 Å². The Bertz CT molecular complexity index is 1010. The van der Waals surface area contributed by atoms with Crippen LogP contribution >= 0.6 is 11.3 Å². The molecule has 6 heteroatoms. The standard InChI is InChI=1S/C20H19N3O2S/c1-3-24-16-9-13(10-21)5-7-15(16)25-19-18-14-6-4-12(2)8-17(14)26-20(18)23-11-22-19/h5,7,9,11-12H,3-4,6,8H2,1-2H3/t12-/m0/s1. The maximum Gasteiger partial charge on any atom is 0.231 e. The van der Waals surface area contributed by atoms with Crippen LogP contribution in [0.4, 0.5) is 0 Å². The number of aromatic nitrogens is 2. The Morgan fingerprint density at radius 1 is 1.31 bits per heavy atom. The zero-order chi connectivity index (χ0) is 18.1. The first-order chi connectivity index (χ1) is 12.7. The Morgan fingerprint density at radius 3 is 3.00 bits per heavy atom. The Labute approximate surface area is 156 Å². The number of aryl methyl sites for hydroxylation is 1. The number of nitrogens with zero attached hydrogens (tertiary/aromatic N) is 3. The van der Waals surface area contributed by atoms with Gasteiger partial charge in [-0.3, -0.25) is 0 Å². The first-order valence-corrected chi connectivity index (χ1v) is 9.61. The van der Waals surface area contributed by atoms with Gasteiger partial charge in [0.1, 0.15) is 11.2 Å². The second kappa shape index (κ2) is 6.93. The van der Waals surface area contributed by atoms with Crippen molar-refractivity contribution in [2.75, 3.05) is 6.61 Å². The summed E-state index contributed by atoms with van der Waals surface area (Å²) in [6.07, 6.45) is 4.85. The summed E-state index contributed by atoms with van der Waals surface area (Å²) in [4.78, 5) is 11.2. The molecule has 0 bridgehead atoms. The Hall–Kier alpha value is -2.65. The maximum atomic E-state index is 9.11. The van der Waals surface area contributed by atoms with Crippen LogP contribution in [0.2, 0.25) is 0 Å². The SMILES string of the molecule is CCOc1cc(C#N)ccc1Oc1ncnc2sc3c(c12)CC[C@H](C)C3. The van der Waals surface area contributed by atoms with Crippen LogP contribution in [0.3, 0.4) is 0 Å². The number of rotatable bonds is 4. The number of benzene rings is 1. The highest BCUT2D eigenvalue weighted by Crippen LogP contribution is 2.42. The van der Waals surface area contributed by atoms with Crippen molar-refractivity contribution in [1.82, 2.24) is 9.97 Å². The molecule has 0 aliphatic heterocycles. The lowest BCUT2D eigenvalue weighted by atomic mass is 9.89. The van der Waals surface area contributed by atoms with Gasteiger partial charge in [-0.2, -0.15) is 5.26 Å². The Balaban J connectivity index is 1.78.